The summed E-state index contributed by atoms with van der Waals surface area (Å²) in [6, 6.07) is -1.15. The number of sulfone groups is 1. The number of carboxylic acid groups (broad SMARTS) is 1. The van der Waals surface area contributed by atoms with Gasteiger partial charge in [0.05, 0.1) is 5.75 Å². The third-order valence-electron chi connectivity index (χ3n) is 2.45. The summed E-state index contributed by atoms with van der Waals surface area (Å²) in [7, 11) is -3.23. The first-order valence-corrected chi connectivity index (χ1v) is 7.44. The highest BCUT2D eigenvalue weighted by atomic mass is 32.2. The zero-order valence-corrected chi connectivity index (χ0v) is 11.1. The molecule has 0 aromatic heterocycles. The van der Waals surface area contributed by atoms with Crippen molar-refractivity contribution in [1.29, 1.82) is 0 Å². The number of aliphatic carboxylic acids is 1. The van der Waals surface area contributed by atoms with Gasteiger partial charge in [-0.25, -0.2) is 13.2 Å². The quantitative estimate of drug-likeness (QED) is 0.676. The van der Waals surface area contributed by atoms with Crippen molar-refractivity contribution >= 4 is 21.7 Å². The normalized spacial score (nSPS) is 15.0. The summed E-state index contributed by atoms with van der Waals surface area (Å²) in [5, 5.41) is 11.2. The van der Waals surface area contributed by atoms with Crippen molar-refractivity contribution in [2.45, 2.75) is 32.7 Å². The zero-order chi connectivity index (χ0) is 13.6. The molecule has 0 heterocycles. The third-order valence-corrected chi connectivity index (χ3v) is 3.43. The van der Waals surface area contributed by atoms with Crippen LogP contribution in [-0.2, 0) is 19.4 Å². The van der Waals surface area contributed by atoms with Gasteiger partial charge in [0.25, 0.3) is 0 Å². The minimum atomic E-state index is -3.23. The minimum Gasteiger partial charge on any atom is -0.480 e. The van der Waals surface area contributed by atoms with Crippen LogP contribution in [0.4, 0.5) is 0 Å². The maximum atomic E-state index is 11.5. The Bertz CT molecular complexity index is 376. The Balaban J connectivity index is 4.46. The van der Waals surface area contributed by atoms with Crippen LogP contribution in [0, 0.1) is 5.92 Å². The number of rotatable bonds is 7. The summed E-state index contributed by atoms with van der Waals surface area (Å²) in [5.74, 6) is -2.13. The standard InChI is InChI=1S/C10H19NO5S/c1-4-7(2)9(12)11-8(10(13)14)5-6-17(3,15)16/h7-8H,4-6H2,1-3H3,(H,11,12)(H,13,14). The summed E-state index contributed by atoms with van der Waals surface area (Å²) in [6.07, 6.45) is 1.52. The van der Waals surface area contributed by atoms with Gasteiger partial charge in [0.15, 0.2) is 0 Å². The summed E-state index contributed by atoms with van der Waals surface area (Å²) >= 11 is 0. The van der Waals surface area contributed by atoms with E-state index >= 15 is 0 Å². The summed E-state index contributed by atoms with van der Waals surface area (Å²) in [5.41, 5.74) is 0. The van der Waals surface area contributed by atoms with Gasteiger partial charge in [0.1, 0.15) is 15.9 Å². The minimum absolute atomic E-state index is 0.115. The molecule has 0 fully saturated rings. The van der Waals surface area contributed by atoms with Crippen LogP contribution >= 0.6 is 0 Å². The van der Waals surface area contributed by atoms with Crippen molar-refractivity contribution in [3.8, 4) is 0 Å². The molecule has 2 atom stereocenters. The van der Waals surface area contributed by atoms with Crippen LogP contribution in [0.15, 0.2) is 0 Å². The average molecular weight is 265 g/mol. The number of carbonyl (C=O) groups is 2. The van der Waals surface area contributed by atoms with Crippen molar-refractivity contribution in [2.24, 2.45) is 5.92 Å². The molecule has 0 aliphatic rings. The van der Waals surface area contributed by atoms with Crippen molar-refractivity contribution in [3.05, 3.63) is 0 Å². The molecule has 0 radical (unpaired) electrons. The monoisotopic (exact) mass is 265 g/mol. The van der Waals surface area contributed by atoms with Gasteiger partial charge in [-0.05, 0) is 12.8 Å². The third kappa shape index (κ3) is 6.93. The van der Waals surface area contributed by atoms with Crippen LogP contribution in [0.25, 0.3) is 0 Å². The number of hydrogen-bond donors (Lipinski definition) is 2. The Morgan fingerprint density at radius 3 is 2.24 bits per heavy atom. The molecule has 0 aromatic carbocycles. The van der Waals surface area contributed by atoms with Gasteiger partial charge in [-0.15, -0.1) is 0 Å². The van der Waals surface area contributed by atoms with Crippen LogP contribution in [0.5, 0.6) is 0 Å². The van der Waals surface area contributed by atoms with Gasteiger partial charge >= 0.3 is 5.97 Å². The molecule has 7 heteroatoms. The van der Waals surface area contributed by atoms with Gasteiger partial charge in [0.2, 0.25) is 5.91 Å². The van der Waals surface area contributed by atoms with Gasteiger partial charge in [-0.3, -0.25) is 4.79 Å². The molecule has 2 N–H and O–H groups in total. The molecular weight excluding hydrogens is 246 g/mol. The van der Waals surface area contributed by atoms with Gasteiger partial charge in [-0.1, -0.05) is 13.8 Å². The molecule has 0 spiro atoms. The summed E-state index contributed by atoms with van der Waals surface area (Å²) < 4.78 is 21.9. The number of nitrogens with one attached hydrogen (secondary N) is 1. The van der Waals surface area contributed by atoms with E-state index in [0.717, 1.165) is 6.26 Å². The second kappa shape index (κ2) is 6.58. The molecular formula is C10H19NO5S. The summed E-state index contributed by atoms with van der Waals surface area (Å²) in [4.78, 5) is 22.3. The van der Waals surface area contributed by atoms with E-state index in [2.05, 4.69) is 5.32 Å². The molecule has 0 aliphatic heterocycles. The second-order valence-electron chi connectivity index (χ2n) is 4.13. The second-order valence-corrected chi connectivity index (χ2v) is 6.39. The maximum absolute atomic E-state index is 11.5. The van der Waals surface area contributed by atoms with E-state index in [0.29, 0.717) is 6.42 Å². The van der Waals surface area contributed by atoms with E-state index < -0.39 is 21.8 Å². The fourth-order valence-electron chi connectivity index (χ4n) is 1.09. The molecule has 0 aliphatic carbocycles. The van der Waals surface area contributed by atoms with E-state index in [4.69, 9.17) is 5.11 Å². The van der Waals surface area contributed by atoms with Gasteiger partial charge in [0, 0.05) is 12.2 Å². The lowest BCUT2D eigenvalue weighted by Crippen LogP contribution is -2.43. The van der Waals surface area contributed by atoms with Gasteiger partial charge < -0.3 is 10.4 Å². The SMILES string of the molecule is CCC(C)C(=O)NC(CCS(C)(=O)=O)C(=O)O. The predicted octanol–water partition coefficient (Wildman–Crippen LogP) is 0.0366. The Kier molecular flexibility index (Phi) is 6.15. The lowest BCUT2D eigenvalue weighted by atomic mass is 10.1. The lowest BCUT2D eigenvalue weighted by Gasteiger charge is -2.16. The fourth-order valence-corrected chi connectivity index (χ4v) is 1.75. The zero-order valence-electron chi connectivity index (χ0n) is 10.3. The summed E-state index contributed by atoms with van der Waals surface area (Å²) in [6.45, 7) is 3.50. The van der Waals surface area contributed by atoms with Crippen molar-refractivity contribution < 1.29 is 23.1 Å². The lowest BCUT2D eigenvalue weighted by molar-refractivity contribution is -0.142. The average Bonchev–Trinajstić information content (AvgIpc) is 2.20. The van der Waals surface area contributed by atoms with E-state index in [1.807, 2.05) is 6.92 Å². The molecule has 6 nitrogen and oxygen atoms in total. The molecule has 2 unspecified atom stereocenters. The fraction of sp³-hybridized carbons (Fsp3) is 0.800. The van der Waals surface area contributed by atoms with Crippen LogP contribution in [0.3, 0.4) is 0 Å². The van der Waals surface area contributed by atoms with Crippen LogP contribution in [0.1, 0.15) is 26.7 Å². The smallest absolute Gasteiger partial charge is 0.326 e. The Labute approximate surface area is 101 Å². The van der Waals surface area contributed by atoms with Crippen LogP contribution < -0.4 is 5.32 Å². The van der Waals surface area contributed by atoms with E-state index in [1.54, 1.807) is 6.92 Å². The van der Waals surface area contributed by atoms with E-state index in [1.165, 1.54) is 0 Å². The number of carboxylic acids is 1. The molecule has 17 heavy (non-hydrogen) atoms. The first kappa shape index (κ1) is 15.9. The predicted molar refractivity (Wildman–Crippen MR) is 63.3 cm³/mol. The molecule has 0 bridgehead atoms. The van der Waals surface area contributed by atoms with Crippen molar-refractivity contribution in [1.82, 2.24) is 5.32 Å². The highest BCUT2D eigenvalue weighted by molar-refractivity contribution is 7.90. The Morgan fingerprint density at radius 2 is 1.88 bits per heavy atom. The topological polar surface area (TPSA) is 101 Å². The van der Waals surface area contributed by atoms with Crippen molar-refractivity contribution in [2.75, 3.05) is 12.0 Å². The molecule has 0 rings (SSSR count). The largest absolute Gasteiger partial charge is 0.480 e. The van der Waals surface area contributed by atoms with Crippen LogP contribution in [-0.4, -0.2) is 43.5 Å². The molecule has 100 valence electrons. The number of carbonyl (C=O) groups excluding carboxylic acids is 1. The molecule has 0 saturated carbocycles. The molecule has 0 aromatic rings. The van der Waals surface area contributed by atoms with Crippen LogP contribution in [0.2, 0.25) is 0 Å². The Morgan fingerprint density at radius 1 is 1.35 bits per heavy atom. The first-order chi connectivity index (χ1) is 7.67. The highest BCUT2D eigenvalue weighted by Crippen LogP contribution is 2.03. The number of hydrogen-bond acceptors (Lipinski definition) is 4. The van der Waals surface area contributed by atoms with Gasteiger partial charge in [-0.2, -0.15) is 0 Å². The molecule has 0 saturated heterocycles. The number of amides is 1. The maximum Gasteiger partial charge on any atom is 0.326 e. The molecule has 1 amide bonds. The highest BCUT2D eigenvalue weighted by Gasteiger charge is 2.23. The van der Waals surface area contributed by atoms with E-state index in [9.17, 15) is 18.0 Å². The Hall–Kier alpha value is -1.11. The van der Waals surface area contributed by atoms with Crippen molar-refractivity contribution in [3.63, 3.8) is 0 Å². The first-order valence-electron chi connectivity index (χ1n) is 5.38. The van der Waals surface area contributed by atoms with E-state index in [-0.39, 0.29) is 24.0 Å².